The molecular weight excluding hydrogens is 296 g/mol. The third kappa shape index (κ3) is 4.79. The van der Waals surface area contributed by atoms with Crippen LogP contribution in [0.4, 0.5) is 5.69 Å². The maximum Gasteiger partial charge on any atom is 0.253 e. The van der Waals surface area contributed by atoms with Crippen LogP contribution >= 0.6 is 0 Å². The lowest BCUT2D eigenvalue weighted by Crippen LogP contribution is -2.41. The topological polar surface area (TPSA) is 105 Å². The number of carbonyl (C=O) groups is 3. The van der Waals surface area contributed by atoms with Crippen LogP contribution in [0.15, 0.2) is 24.3 Å². The van der Waals surface area contributed by atoms with Crippen LogP contribution in [-0.2, 0) is 9.59 Å². The zero-order valence-electron chi connectivity index (χ0n) is 13.0. The van der Waals surface area contributed by atoms with Crippen molar-refractivity contribution in [1.29, 1.82) is 0 Å². The summed E-state index contributed by atoms with van der Waals surface area (Å²) in [5.41, 5.74) is 6.17. The molecule has 0 saturated carbocycles. The van der Waals surface area contributed by atoms with Gasteiger partial charge >= 0.3 is 0 Å². The molecule has 3 amide bonds. The van der Waals surface area contributed by atoms with E-state index in [-0.39, 0.29) is 24.3 Å². The summed E-state index contributed by atoms with van der Waals surface area (Å²) in [6, 6.07) is 6.75. The molecule has 0 atom stereocenters. The Bertz CT molecular complexity index is 588. The molecular formula is C16H22N4O3. The minimum atomic E-state index is -0.306. The van der Waals surface area contributed by atoms with Crippen LogP contribution < -0.4 is 16.4 Å². The zero-order chi connectivity index (χ0) is 16.7. The summed E-state index contributed by atoms with van der Waals surface area (Å²) in [5, 5.41) is 5.38. The van der Waals surface area contributed by atoms with Gasteiger partial charge in [0.15, 0.2) is 0 Å². The van der Waals surface area contributed by atoms with Gasteiger partial charge in [-0.3, -0.25) is 14.4 Å². The minimum Gasteiger partial charge on any atom is -0.351 e. The fourth-order valence-corrected chi connectivity index (χ4v) is 2.46. The molecule has 1 aliphatic rings. The van der Waals surface area contributed by atoms with E-state index in [0.29, 0.717) is 37.3 Å². The van der Waals surface area contributed by atoms with Crippen molar-refractivity contribution < 1.29 is 14.4 Å². The van der Waals surface area contributed by atoms with Crippen LogP contribution in [0.1, 0.15) is 29.6 Å². The van der Waals surface area contributed by atoms with Gasteiger partial charge in [0.25, 0.3) is 5.91 Å². The number of piperidine rings is 1. The Morgan fingerprint density at radius 1 is 1.22 bits per heavy atom. The van der Waals surface area contributed by atoms with Gasteiger partial charge < -0.3 is 21.3 Å². The molecule has 1 fully saturated rings. The van der Waals surface area contributed by atoms with Crippen molar-refractivity contribution in [2.75, 3.05) is 31.5 Å². The average Bonchev–Trinajstić information content (AvgIpc) is 2.55. The number of para-hydroxylation sites is 1. The third-order valence-electron chi connectivity index (χ3n) is 3.63. The minimum absolute atomic E-state index is 0.000346. The molecule has 4 N–H and O–H groups in total. The van der Waals surface area contributed by atoms with Gasteiger partial charge in [0.05, 0.1) is 17.8 Å². The maximum absolute atomic E-state index is 12.2. The standard InChI is InChI=1S/C16H22N4O3/c17-8-9-18-16(23)12-5-1-2-6-13(12)19-14(21)11-20-10-4-3-7-15(20)22/h1-2,5-6H,3-4,7-11,17H2,(H,18,23)(H,19,21). The molecule has 0 aliphatic carbocycles. The Kier molecular flexibility index (Phi) is 6.10. The number of amides is 3. The molecule has 0 bridgehead atoms. The molecule has 2 rings (SSSR count). The molecule has 23 heavy (non-hydrogen) atoms. The highest BCUT2D eigenvalue weighted by Crippen LogP contribution is 2.16. The van der Waals surface area contributed by atoms with Crippen LogP contribution in [0.25, 0.3) is 0 Å². The summed E-state index contributed by atoms with van der Waals surface area (Å²) >= 11 is 0. The van der Waals surface area contributed by atoms with Crippen LogP contribution in [-0.4, -0.2) is 48.8 Å². The Morgan fingerprint density at radius 2 is 2.00 bits per heavy atom. The number of nitrogens with one attached hydrogen (secondary N) is 2. The summed E-state index contributed by atoms with van der Waals surface area (Å²) in [5.74, 6) is -0.597. The van der Waals surface area contributed by atoms with Crippen molar-refractivity contribution in [1.82, 2.24) is 10.2 Å². The molecule has 0 radical (unpaired) electrons. The highest BCUT2D eigenvalue weighted by molar-refractivity contribution is 6.04. The highest BCUT2D eigenvalue weighted by atomic mass is 16.2. The van der Waals surface area contributed by atoms with Gasteiger partial charge in [-0.25, -0.2) is 0 Å². The molecule has 1 heterocycles. The Morgan fingerprint density at radius 3 is 2.74 bits per heavy atom. The first kappa shape index (κ1) is 17.0. The Labute approximate surface area is 135 Å². The lowest BCUT2D eigenvalue weighted by atomic mass is 10.1. The number of carbonyl (C=O) groups excluding carboxylic acids is 3. The molecule has 1 aliphatic heterocycles. The lowest BCUT2D eigenvalue weighted by molar-refractivity contribution is -0.136. The van der Waals surface area contributed by atoms with Gasteiger partial charge in [0, 0.05) is 26.1 Å². The number of nitrogens with two attached hydrogens (primary N) is 1. The van der Waals surface area contributed by atoms with Crippen LogP contribution in [0, 0.1) is 0 Å². The number of anilines is 1. The second-order valence-electron chi connectivity index (χ2n) is 5.41. The molecule has 7 heteroatoms. The van der Waals surface area contributed by atoms with E-state index in [1.807, 2.05) is 0 Å². The molecule has 0 aromatic heterocycles. The summed E-state index contributed by atoms with van der Waals surface area (Å²) in [4.78, 5) is 37.5. The fraction of sp³-hybridized carbons (Fsp3) is 0.438. The van der Waals surface area contributed by atoms with Crippen LogP contribution in [0.3, 0.4) is 0 Å². The predicted molar refractivity (Wildman–Crippen MR) is 86.9 cm³/mol. The first-order valence-electron chi connectivity index (χ1n) is 7.76. The number of likely N-dealkylation sites (tertiary alicyclic amines) is 1. The van der Waals surface area contributed by atoms with Crippen molar-refractivity contribution in [3.63, 3.8) is 0 Å². The Balaban J connectivity index is 2.00. The predicted octanol–water partition coefficient (Wildman–Crippen LogP) is 0.326. The van der Waals surface area contributed by atoms with Crippen molar-refractivity contribution in [2.24, 2.45) is 5.73 Å². The molecule has 1 aromatic rings. The number of hydrogen-bond acceptors (Lipinski definition) is 4. The fourth-order valence-electron chi connectivity index (χ4n) is 2.46. The van der Waals surface area contributed by atoms with Gasteiger partial charge in [0.1, 0.15) is 0 Å². The highest BCUT2D eigenvalue weighted by Gasteiger charge is 2.21. The van der Waals surface area contributed by atoms with Gasteiger partial charge in [-0.2, -0.15) is 0 Å². The maximum atomic E-state index is 12.2. The number of rotatable bonds is 6. The largest absolute Gasteiger partial charge is 0.351 e. The summed E-state index contributed by atoms with van der Waals surface area (Å²) in [6.07, 6.45) is 2.28. The molecule has 1 saturated heterocycles. The first-order chi connectivity index (χ1) is 11.1. The number of benzene rings is 1. The van der Waals surface area contributed by atoms with Crippen LogP contribution in [0.5, 0.6) is 0 Å². The molecule has 1 aromatic carbocycles. The van der Waals surface area contributed by atoms with E-state index < -0.39 is 0 Å². The van der Waals surface area contributed by atoms with Gasteiger partial charge in [-0.15, -0.1) is 0 Å². The summed E-state index contributed by atoms with van der Waals surface area (Å²) < 4.78 is 0. The summed E-state index contributed by atoms with van der Waals surface area (Å²) in [6.45, 7) is 1.32. The van der Waals surface area contributed by atoms with E-state index in [0.717, 1.165) is 12.8 Å². The van der Waals surface area contributed by atoms with Crippen molar-refractivity contribution in [2.45, 2.75) is 19.3 Å². The monoisotopic (exact) mass is 318 g/mol. The molecule has 0 unspecified atom stereocenters. The van der Waals surface area contributed by atoms with Crippen molar-refractivity contribution >= 4 is 23.4 Å². The quantitative estimate of drug-likeness (QED) is 0.703. The number of nitrogens with zero attached hydrogens (tertiary/aromatic N) is 1. The molecule has 124 valence electrons. The van der Waals surface area contributed by atoms with Gasteiger partial charge in [-0.1, -0.05) is 12.1 Å². The van der Waals surface area contributed by atoms with E-state index in [1.54, 1.807) is 29.2 Å². The number of hydrogen-bond donors (Lipinski definition) is 3. The smallest absolute Gasteiger partial charge is 0.253 e. The van der Waals surface area contributed by atoms with Crippen LogP contribution in [0.2, 0.25) is 0 Å². The average molecular weight is 318 g/mol. The van der Waals surface area contributed by atoms with E-state index in [9.17, 15) is 14.4 Å². The second-order valence-corrected chi connectivity index (χ2v) is 5.41. The van der Waals surface area contributed by atoms with Crippen molar-refractivity contribution in [3.05, 3.63) is 29.8 Å². The van der Waals surface area contributed by atoms with Crippen molar-refractivity contribution in [3.8, 4) is 0 Å². The normalized spacial score (nSPS) is 14.5. The van der Waals surface area contributed by atoms with E-state index in [4.69, 9.17) is 5.73 Å². The molecule has 0 spiro atoms. The molecule has 7 nitrogen and oxygen atoms in total. The SMILES string of the molecule is NCCNC(=O)c1ccccc1NC(=O)CN1CCCCC1=O. The third-order valence-corrected chi connectivity index (χ3v) is 3.63. The van der Waals surface area contributed by atoms with E-state index >= 15 is 0 Å². The summed E-state index contributed by atoms with van der Waals surface area (Å²) in [7, 11) is 0. The van der Waals surface area contributed by atoms with E-state index in [1.165, 1.54) is 0 Å². The second kappa shape index (κ2) is 8.28. The van der Waals surface area contributed by atoms with Gasteiger partial charge in [-0.05, 0) is 25.0 Å². The van der Waals surface area contributed by atoms with E-state index in [2.05, 4.69) is 10.6 Å². The first-order valence-corrected chi connectivity index (χ1v) is 7.76. The zero-order valence-corrected chi connectivity index (χ0v) is 13.0. The lowest BCUT2D eigenvalue weighted by Gasteiger charge is -2.26. The Hall–Kier alpha value is -2.41. The van der Waals surface area contributed by atoms with Gasteiger partial charge in [0.2, 0.25) is 11.8 Å².